The highest BCUT2D eigenvalue weighted by atomic mass is 19.4. The molecule has 0 aliphatic carbocycles. The normalized spacial score (nSPS) is 13.3. The zero-order valence-corrected chi connectivity index (χ0v) is 7.07. The first kappa shape index (κ1) is 13.5. The molecule has 0 heterocycles. The van der Waals surface area contributed by atoms with Crippen LogP contribution in [0.5, 0.6) is 0 Å². The Hall–Kier alpha value is -0.470. The van der Waals surface area contributed by atoms with Crippen molar-refractivity contribution in [1.29, 1.82) is 0 Å². The molecule has 86 valence electrons. The van der Waals surface area contributed by atoms with Crippen molar-refractivity contribution in [2.45, 2.75) is 12.3 Å². The van der Waals surface area contributed by atoms with E-state index in [-0.39, 0.29) is 6.54 Å². The number of hydrogen-bond acceptors (Lipinski definition) is 3. The first-order chi connectivity index (χ1) is 6.27. The van der Waals surface area contributed by atoms with Crippen LogP contribution in [0.15, 0.2) is 0 Å². The summed E-state index contributed by atoms with van der Waals surface area (Å²) in [7, 11) is 0. The minimum absolute atomic E-state index is 0.366. The number of ether oxygens (including phenoxy) is 1. The lowest BCUT2D eigenvalue weighted by Crippen LogP contribution is -2.37. The van der Waals surface area contributed by atoms with Gasteiger partial charge in [0, 0.05) is 6.54 Å². The molecule has 0 aromatic carbocycles. The van der Waals surface area contributed by atoms with Crippen LogP contribution in [0.2, 0.25) is 0 Å². The van der Waals surface area contributed by atoms with E-state index < -0.39 is 32.0 Å². The predicted molar refractivity (Wildman–Crippen MR) is 36.9 cm³/mol. The van der Waals surface area contributed by atoms with Crippen molar-refractivity contribution >= 4 is 0 Å². The zero-order valence-electron chi connectivity index (χ0n) is 7.07. The molecule has 2 N–H and O–H groups in total. The van der Waals surface area contributed by atoms with E-state index in [2.05, 4.69) is 4.74 Å². The number of aliphatic hydroxyl groups is 1. The molecule has 0 unspecified atom stereocenters. The SMILES string of the molecule is OCC(F)(F)CNCCOC(F)(F)F. The van der Waals surface area contributed by atoms with E-state index >= 15 is 0 Å². The summed E-state index contributed by atoms with van der Waals surface area (Å²) < 4.78 is 61.8. The Labute approximate surface area is 76.8 Å². The lowest BCUT2D eigenvalue weighted by molar-refractivity contribution is -0.323. The largest absolute Gasteiger partial charge is 0.522 e. The van der Waals surface area contributed by atoms with Crippen molar-refractivity contribution in [2.75, 3.05) is 26.3 Å². The molecular weight excluding hydrogens is 213 g/mol. The Morgan fingerprint density at radius 3 is 2.14 bits per heavy atom. The van der Waals surface area contributed by atoms with Gasteiger partial charge in [0.1, 0.15) is 6.61 Å². The van der Waals surface area contributed by atoms with Gasteiger partial charge in [0.2, 0.25) is 0 Å². The molecule has 3 nitrogen and oxygen atoms in total. The number of aliphatic hydroxyl groups excluding tert-OH is 1. The van der Waals surface area contributed by atoms with E-state index in [1.54, 1.807) is 0 Å². The molecule has 0 saturated carbocycles. The molecule has 0 bridgehead atoms. The molecule has 0 radical (unpaired) electrons. The molecule has 8 heteroatoms. The number of alkyl halides is 5. The van der Waals surface area contributed by atoms with Gasteiger partial charge in [-0.05, 0) is 0 Å². The van der Waals surface area contributed by atoms with E-state index in [0.717, 1.165) is 0 Å². The fourth-order valence-corrected chi connectivity index (χ4v) is 0.566. The van der Waals surface area contributed by atoms with Crippen molar-refractivity contribution in [3.05, 3.63) is 0 Å². The highest BCUT2D eigenvalue weighted by Crippen LogP contribution is 2.15. The van der Waals surface area contributed by atoms with Crippen LogP contribution in [-0.4, -0.2) is 43.7 Å². The van der Waals surface area contributed by atoms with E-state index in [1.165, 1.54) is 0 Å². The molecule has 0 rings (SSSR count). The molecule has 0 aromatic rings. The number of rotatable bonds is 6. The molecule has 14 heavy (non-hydrogen) atoms. The van der Waals surface area contributed by atoms with Crippen molar-refractivity contribution < 1.29 is 31.8 Å². The standard InChI is InChI=1S/C6H10F5NO2/c7-5(8,4-13)3-12-1-2-14-6(9,10)11/h12-13H,1-4H2. The maximum atomic E-state index is 12.2. The van der Waals surface area contributed by atoms with Gasteiger partial charge in [0.25, 0.3) is 5.92 Å². The monoisotopic (exact) mass is 223 g/mol. The summed E-state index contributed by atoms with van der Waals surface area (Å²) >= 11 is 0. The number of nitrogens with one attached hydrogen (secondary N) is 1. The average molecular weight is 223 g/mol. The topological polar surface area (TPSA) is 41.5 Å². The van der Waals surface area contributed by atoms with Crippen molar-refractivity contribution in [3.8, 4) is 0 Å². The second-order valence-corrected chi connectivity index (χ2v) is 2.49. The molecule has 0 aliphatic heterocycles. The number of halogens is 5. The van der Waals surface area contributed by atoms with Gasteiger partial charge in [-0.1, -0.05) is 0 Å². The molecule has 0 saturated heterocycles. The predicted octanol–water partition coefficient (Wildman–Crippen LogP) is 0.740. The van der Waals surface area contributed by atoms with Crippen LogP contribution in [0.25, 0.3) is 0 Å². The van der Waals surface area contributed by atoms with Gasteiger partial charge >= 0.3 is 6.36 Å². The lowest BCUT2D eigenvalue weighted by atomic mass is 10.3. The maximum absolute atomic E-state index is 12.2. The molecule has 0 fully saturated rings. The Balaban J connectivity index is 3.39. The average Bonchev–Trinajstić information content (AvgIpc) is 2.01. The van der Waals surface area contributed by atoms with Crippen LogP contribution in [0.3, 0.4) is 0 Å². The highest BCUT2D eigenvalue weighted by molar-refractivity contribution is 4.67. The third-order valence-corrected chi connectivity index (χ3v) is 1.16. The highest BCUT2D eigenvalue weighted by Gasteiger charge is 2.29. The summed E-state index contributed by atoms with van der Waals surface area (Å²) in [5.74, 6) is -3.32. The van der Waals surface area contributed by atoms with Gasteiger partial charge in [-0.2, -0.15) is 0 Å². The summed E-state index contributed by atoms with van der Waals surface area (Å²) in [6, 6.07) is 0. The van der Waals surface area contributed by atoms with E-state index in [4.69, 9.17) is 5.11 Å². The minimum atomic E-state index is -4.75. The Morgan fingerprint density at radius 2 is 1.71 bits per heavy atom. The Morgan fingerprint density at radius 1 is 1.14 bits per heavy atom. The van der Waals surface area contributed by atoms with Crippen molar-refractivity contribution in [1.82, 2.24) is 5.32 Å². The molecule has 0 spiro atoms. The Bertz CT molecular complexity index is 161. The molecule has 0 amide bonds. The van der Waals surface area contributed by atoms with Crippen LogP contribution in [-0.2, 0) is 4.74 Å². The van der Waals surface area contributed by atoms with Crippen LogP contribution < -0.4 is 5.32 Å². The summed E-state index contributed by atoms with van der Waals surface area (Å²) in [4.78, 5) is 0. The summed E-state index contributed by atoms with van der Waals surface area (Å²) in [5.41, 5.74) is 0. The third-order valence-electron chi connectivity index (χ3n) is 1.16. The molecular formula is C6H10F5NO2. The van der Waals surface area contributed by atoms with Crippen LogP contribution in [0.4, 0.5) is 22.0 Å². The summed E-state index contributed by atoms with van der Waals surface area (Å²) in [5, 5.41) is 10.1. The first-order valence-corrected chi connectivity index (χ1v) is 3.67. The van der Waals surface area contributed by atoms with Crippen molar-refractivity contribution in [2.24, 2.45) is 0 Å². The Kier molecular flexibility index (Phi) is 5.24. The van der Waals surface area contributed by atoms with Gasteiger partial charge in [-0.15, -0.1) is 13.2 Å². The van der Waals surface area contributed by atoms with Gasteiger partial charge in [-0.3, -0.25) is 4.74 Å². The second kappa shape index (κ2) is 5.42. The maximum Gasteiger partial charge on any atom is 0.522 e. The van der Waals surface area contributed by atoms with E-state index in [9.17, 15) is 22.0 Å². The lowest BCUT2D eigenvalue weighted by Gasteiger charge is -2.14. The third kappa shape index (κ3) is 8.14. The first-order valence-electron chi connectivity index (χ1n) is 3.67. The van der Waals surface area contributed by atoms with Crippen LogP contribution in [0, 0.1) is 0 Å². The van der Waals surface area contributed by atoms with E-state index in [1.807, 2.05) is 5.32 Å². The van der Waals surface area contributed by atoms with E-state index in [0.29, 0.717) is 0 Å². The molecule has 0 aliphatic rings. The minimum Gasteiger partial charge on any atom is -0.390 e. The summed E-state index contributed by atoms with van der Waals surface area (Å²) in [6.07, 6.45) is -4.75. The van der Waals surface area contributed by atoms with Gasteiger partial charge < -0.3 is 10.4 Å². The number of hydrogen-bond donors (Lipinski definition) is 2. The van der Waals surface area contributed by atoms with Crippen LogP contribution in [0.1, 0.15) is 0 Å². The fourth-order valence-electron chi connectivity index (χ4n) is 0.566. The smallest absolute Gasteiger partial charge is 0.390 e. The van der Waals surface area contributed by atoms with Crippen molar-refractivity contribution in [3.63, 3.8) is 0 Å². The zero-order chi connectivity index (χ0) is 11.2. The van der Waals surface area contributed by atoms with Gasteiger partial charge in [-0.25, -0.2) is 8.78 Å². The van der Waals surface area contributed by atoms with Gasteiger partial charge in [0.15, 0.2) is 0 Å². The summed E-state index contributed by atoms with van der Waals surface area (Å²) in [6.45, 7) is -3.34. The fraction of sp³-hybridized carbons (Fsp3) is 1.00. The second-order valence-electron chi connectivity index (χ2n) is 2.49. The molecule has 0 aromatic heterocycles. The van der Waals surface area contributed by atoms with Crippen LogP contribution >= 0.6 is 0 Å². The van der Waals surface area contributed by atoms with Gasteiger partial charge in [0.05, 0.1) is 13.2 Å². The quantitative estimate of drug-likeness (QED) is 0.515. The molecule has 0 atom stereocenters.